The summed E-state index contributed by atoms with van der Waals surface area (Å²) in [4.78, 5) is 40.6. The van der Waals surface area contributed by atoms with Crippen molar-refractivity contribution in [2.75, 3.05) is 5.32 Å². The molecule has 0 aromatic heterocycles. The molecule has 1 saturated carbocycles. The number of ketones is 1. The molecule has 3 aromatic carbocycles. The van der Waals surface area contributed by atoms with Gasteiger partial charge in [-0.3, -0.25) is 14.4 Å². The van der Waals surface area contributed by atoms with Gasteiger partial charge >= 0.3 is 5.97 Å². The van der Waals surface area contributed by atoms with E-state index in [1.807, 2.05) is 12.1 Å². The summed E-state index contributed by atoms with van der Waals surface area (Å²) in [6, 6.07) is 22.4. The Balaban J connectivity index is 1.64. The van der Waals surface area contributed by atoms with Crippen LogP contribution in [0.2, 0.25) is 5.02 Å². The number of carbonyl (C=O) groups is 3. The Morgan fingerprint density at radius 2 is 1.58 bits per heavy atom. The van der Waals surface area contributed by atoms with E-state index in [0.717, 1.165) is 0 Å². The minimum Gasteiger partial charge on any atom is -0.425 e. The van der Waals surface area contributed by atoms with Gasteiger partial charge in [-0.05, 0) is 49.4 Å². The number of nitrogens with one attached hydrogen (secondary N) is 1. The van der Waals surface area contributed by atoms with Crippen LogP contribution in [0.3, 0.4) is 0 Å². The number of rotatable bonds is 4. The maximum Gasteiger partial charge on any atom is 0.328 e. The summed E-state index contributed by atoms with van der Waals surface area (Å²) >= 11 is 5.98. The maximum atomic E-state index is 13.7. The minimum absolute atomic E-state index is 0.300. The zero-order chi connectivity index (χ0) is 21.8. The third kappa shape index (κ3) is 2.60. The molecular weight excluding hydrogens is 414 g/mol. The molecule has 0 saturated heterocycles. The van der Waals surface area contributed by atoms with Crippen molar-refractivity contribution < 1.29 is 19.1 Å². The maximum absolute atomic E-state index is 13.7. The van der Waals surface area contributed by atoms with E-state index in [1.165, 1.54) is 0 Å². The summed E-state index contributed by atoms with van der Waals surface area (Å²) < 4.78 is 5.58. The lowest BCUT2D eigenvalue weighted by molar-refractivity contribution is -0.147. The third-order valence-electron chi connectivity index (χ3n) is 6.47. The van der Waals surface area contributed by atoms with Gasteiger partial charge < -0.3 is 10.1 Å². The first kappa shape index (κ1) is 19.5. The summed E-state index contributed by atoms with van der Waals surface area (Å²) in [6.07, 6.45) is 0. The molecule has 0 radical (unpaired) electrons. The number of Topliss-reactive ketones (excluding diaryl/α,β-unsaturated/α-hetero) is 1. The van der Waals surface area contributed by atoms with Crippen molar-refractivity contribution in [1.29, 1.82) is 0 Å². The van der Waals surface area contributed by atoms with Gasteiger partial charge in [-0.2, -0.15) is 0 Å². The molecule has 5 rings (SSSR count). The quantitative estimate of drug-likeness (QED) is 0.277. The van der Waals surface area contributed by atoms with Gasteiger partial charge in [0.2, 0.25) is 5.91 Å². The van der Waals surface area contributed by atoms with Gasteiger partial charge in [0.25, 0.3) is 0 Å². The van der Waals surface area contributed by atoms with Gasteiger partial charge in [-0.1, -0.05) is 48.0 Å². The van der Waals surface area contributed by atoms with Crippen molar-refractivity contribution in [1.82, 2.24) is 0 Å². The lowest BCUT2D eigenvalue weighted by Gasteiger charge is -2.23. The van der Waals surface area contributed by atoms with E-state index < -0.39 is 28.6 Å². The predicted molar refractivity (Wildman–Crippen MR) is 116 cm³/mol. The number of carbonyl (C=O) groups excluding carboxylic acids is 3. The fourth-order valence-corrected chi connectivity index (χ4v) is 5.03. The monoisotopic (exact) mass is 431 g/mol. The molecular formula is C25H18ClNO4. The summed E-state index contributed by atoms with van der Waals surface area (Å²) in [5.74, 6) is -1.81. The molecule has 5 nitrogen and oxygen atoms in total. The van der Waals surface area contributed by atoms with Crippen molar-refractivity contribution in [3.8, 4) is 5.75 Å². The second-order valence-corrected chi connectivity index (χ2v) is 8.46. The lowest BCUT2D eigenvalue weighted by Crippen LogP contribution is -2.42. The molecule has 0 spiro atoms. The van der Waals surface area contributed by atoms with E-state index in [1.54, 1.807) is 73.7 Å². The fourth-order valence-electron chi connectivity index (χ4n) is 4.91. The van der Waals surface area contributed by atoms with Crippen LogP contribution in [0, 0.1) is 10.8 Å². The number of para-hydroxylation sites is 2. The molecule has 3 atom stereocenters. The predicted octanol–water partition coefficient (Wildman–Crippen LogP) is 4.87. The van der Waals surface area contributed by atoms with Crippen molar-refractivity contribution in [2.45, 2.75) is 12.8 Å². The molecule has 0 unspecified atom stereocenters. The molecule has 1 fully saturated rings. The molecule has 3 aromatic rings. The highest BCUT2D eigenvalue weighted by Gasteiger charge is 2.88. The van der Waals surface area contributed by atoms with E-state index in [4.69, 9.17) is 16.3 Å². The first-order valence-electron chi connectivity index (χ1n) is 9.89. The summed E-state index contributed by atoms with van der Waals surface area (Å²) in [7, 11) is 0. The Morgan fingerprint density at radius 3 is 2.29 bits per heavy atom. The van der Waals surface area contributed by atoms with E-state index in [2.05, 4.69) is 5.32 Å². The highest BCUT2D eigenvalue weighted by Crippen LogP contribution is 2.78. The largest absolute Gasteiger partial charge is 0.425 e. The van der Waals surface area contributed by atoms with Gasteiger partial charge in [0.1, 0.15) is 5.75 Å². The molecule has 31 heavy (non-hydrogen) atoms. The Kier molecular flexibility index (Phi) is 4.27. The Hall–Kier alpha value is -3.44. The number of hydrogen-bond acceptors (Lipinski definition) is 4. The van der Waals surface area contributed by atoms with Crippen LogP contribution in [-0.2, 0) is 9.59 Å². The van der Waals surface area contributed by atoms with E-state index in [-0.39, 0.29) is 5.78 Å². The van der Waals surface area contributed by atoms with E-state index >= 15 is 0 Å². The van der Waals surface area contributed by atoms with Crippen LogP contribution in [0.15, 0.2) is 78.9 Å². The van der Waals surface area contributed by atoms with Gasteiger partial charge in [-0.15, -0.1) is 0 Å². The average molecular weight is 432 g/mol. The number of fused-ring (bicyclic) bond motifs is 3. The zero-order valence-electron chi connectivity index (χ0n) is 16.6. The van der Waals surface area contributed by atoms with Crippen molar-refractivity contribution >= 4 is 34.9 Å². The summed E-state index contributed by atoms with van der Waals surface area (Å²) in [5.41, 5.74) is -1.36. The fraction of sp³-hybridized carbons (Fsp3) is 0.160. The number of benzene rings is 3. The zero-order valence-corrected chi connectivity index (χ0v) is 17.3. The van der Waals surface area contributed by atoms with Crippen LogP contribution in [0.5, 0.6) is 5.75 Å². The molecule has 1 N–H and O–H groups in total. The normalized spacial score (nSPS) is 25.6. The van der Waals surface area contributed by atoms with Gasteiger partial charge in [0.05, 0.1) is 5.41 Å². The van der Waals surface area contributed by atoms with Crippen LogP contribution >= 0.6 is 11.6 Å². The molecule has 6 heteroatoms. The number of amides is 1. The smallest absolute Gasteiger partial charge is 0.328 e. The highest BCUT2D eigenvalue weighted by atomic mass is 35.5. The average Bonchev–Trinajstić information content (AvgIpc) is 3.38. The number of anilines is 1. The molecule has 0 bridgehead atoms. The highest BCUT2D eigenvalue weighted by molar-refractivity contribution is 6.30. The number of esters is 1. The Labute approximate surface area is 184 Å². The number of ether oxygens (including phenoxy) is 1. The second kappa shape index (κ2) is 6.79. The standard InChI is InChI=1S/C25H18ClNO4/c1-24(21(28)15-11-13-16(26)14-12-15)20-18-9-5-6-10-19(18)31-23(30)25(20,24)22(29)27-17-7-3-2-4-8-17/h2-14,20H,1H3,(H,27,29)/t20-,24-,25-/m1/s1. The van der Waals surface area contributed by atoms with Gasteiger partial charge in [0.15, 0.2) is 11.2 Å². The summed E-state index contributed by atoms with van der Waals surface area (Å²) in [6.45, 7) is 1.67. The topological polar surface area (TPSA) is 72.5 Å². The van der Waals surface area contributed by atoms with Crippen molar-refractivity contribution in [3.63, 3.8) is 0 Å². The number of halogens is 1. The second-order valence-electron chi connectivity index (χ2n) is 8.03. The Bertz CT molecular complexity index is 1220. The molecule has 1 aliphatic carbocycles. The molecule has 2 aliphatic rings. The third-order valence-corrected chi connectivity index (χ3v) is 6.72. The van der Waals surface area contributed by atoms with E-state index in [9.17, 15) is 14.4 Å². The van der Waals surface area contributed by atoms with Gasteiger partial charge in [0, 0.05) is 27.8 Å². The van der Waals surface area contributed by atoms with Crippen LogP contribution < -0.4 is 10.1 Å². The Morgan fingerprint density at radius 1 is 0.935 bits per heavy atom. The van der Waals surface area contributed by atoms with Crippen LogP contribution in [-0.4, -0.2) is 17.7 Å². The van der Waals surface area contributed by atoms with Gasteiger partial charge in [-0.25, -0.2) is 0 Å². The van der Waals surface area contributed by atoms with E-state index in [0.29, 0.717) is 27.6 Å². The molecule has 1 amide bonds. The van der Waals surface area contributed by atoms with Crippen LogP contribution in [0.25, 0.3) is 0 Å². The molecule has 1 aliphatic heterocycles. The summed E-state index contributed by atoms with van der Waals surface area (Å²) in [5, 5.41) is 3.31. The van der Waals surface area contributed by atoms with Crippen molar-refractivity contribution in [3.05, 3.63) is 95.0 Å². The lowest BCUT2D eigenvalue weighted by atomic mass is 9.86. The SMILES string of the molecule is C[C@]1(C(=O)c2ccc(Cl)cc2)[C@H]2c3ccccc3OC(=O)[C@]21C(=O)Nc1ccccc1. The number of hydrogen-bond donors (Lipinski definition) is 1. The molecule has 154 valence electrons. The molecule has 1 heterocycles. The van der Waals surface area contributed by atoms with Crippen LogP contribution in [0.4, 0.5) is 5.69 Å². The van der Waals surface area contributed by atoms with Crippen LogP contribution in [0.1, 0.15) is 28.8 Å². The first-order valence-corrected chi connectivity index (χ1v) is 10.3. The minimum atomic E-state index is -1.66. The first-order chi connectivity index (χ1) is 14.9. The van der Waals surface area contributed by atoms with Crippen molar-refractivity contribution in [2.24, 2.45) is 10.8 Å².